The molecule has 6 N–H and O–H groups in total. The fourth-order valence-electron chi connectivity index (χ4n) is 2.22. The number of nitrogens with zero attached hydrogens (tertiary/aromatic N) is 1. The van der Waals surface area contributed by atoms with Crippen LogP contribution in [0.4, 0.5) is 0 Å². The third-order valence-corrected chi connectivity index (χ3v) is 6.04. The summed E-state index contributed by atoms with van der Waals surface area (Å²) in [5.41, 5.74) is 8.24. The van der Waals surface area contributed by atoms with E-state index in [4.69, 9.17) is 5.73 Å². The summed E-state index contributed by atoms with van der Waals surface area (Å²) in [7, 11) is -7.35. The summed E-state index contributed by atoms with van der Waals surface area (Å²) >= 11 is 0. The van der Waals surface area contributed by atoms with E-state index in [-0.39, 0.29) is 25.4 Å². The molecule has 0 aliphatic carbocycles. The van der Waals surface area contributed by atoms with Crippen molar-refractivity contribution >= 4 is 36.6 Å². The minimum Gasteiger partial charge on any atom is -0.369 e. The zero-order valence-corrected chi connectivity index (χ0v) is 19.6. The average molecular weight is 479 g/mol. The third-order valence-electron chi connectivity index (χ3n) is 3.42. The fraction of sp³-hybridized carbons (Fsp3) is 0.929. The van der Waals surface area contributed by atoms with Gasteiger partial charge in [0.25, 0.3) is 0 Å². The van der Waals surface area contributed by atoms with Crippen LogP contribution < -0.4 is 26.5 Å². The largest absolute Gasteiger partial charge is 0.369 e. The number of hydrogen-bond acceptors (Lipinski definition) is 10. The maximum absolute atomic E-state index is 11.4. The second-order valence-corrected chi connectivity index (χ2v) is 12.2. The topological polar surface area (TPSA) is 180 Å². The number of primary amides is 1. The highest BCUT2D eigenvalue weighted by atomic mass is 32.2. The number of carbonyl (C=O) groups excluding carboxylic acids is 1. The van der Waals surface area contributed by atoms with Crippen LogP contribution in [0.1, 0.15) is 12.8 Å². The van der Waals surface area contributed by atoms with Gasteiger partial charge < -0.3 is 5.73 Å². The van der Waals surface area contributed by atoms with Gasteiger partial charge in [0.2, 0.25) is 15.9 Å². The predicted octanol–water partition coefficient (Wildman–Crippen LogP) is -3.51. The van der Waals surface area contributed by atoms with Crippen LogP contribution >= 0.6 is 0 Å². The zero-order chi connectivity index (χ0) is 22.5. The van der Waals surface area contributed by atoms with E-state index in [0.29, 0.717) is 31.7 Å². The van der Waals surface area contributed by atoms with E-state index in [1.807, 2.05) is 0 Å². The van der Waals surface area contributed by atoms with Crippen molar-refractivity contribution in [2.75, 3.05) is 63.0 Å². The molecule has 0 aliphatic rings. The van der Waals surface area contributed by atoms with Gasteiger partial charge in [-0.1, -0.05) is 0 Å². The van der Waals surface area contributed by atoms with Gasteiger partial charge in [-0.2, -0.15) is 0 Å². The number of rotatable bonds is 18. The van der Waals surface area contributed by atoms with E-state index in [1.165, 1.54) is 5.01 Å². The highest BCUT2D eigenvalue weighted by molar-refractivity contribution is 7.90. The molecule has 0 aliphatic heterocycles. The van der Waals surface area contributed by atoms with E-state index in [1.54, 1.807) is 6.26 Å². The Morgan fingerprint density at radius 3 is 2.10 bits per heavy atom. The van der Waals surface area contributed by atoms with Crippen LogP contribution in [0.25, 0.3) is 0 Å². The van der Waals surface area contributed by atoms with E-state index in [9.17, 15) is 25.8 Å². The molecule has 12 nitrogen and oxygen atoms in total. The summed E-state index contributed by atoms with van der Waals surface area (Å²) in [5, 5.41) is 7.75. The van der Waals surface area contributed by atoms with Crippen molar-refractivity contribution in [3.63, 3.8) is 0 Å². The van der Waals surface area contributed by atoms with Crippen LogP contribution in [-0.4, -0.2) is 101 Å². The van der Waals surface area contributed by atoms with E-state index < -0.39 is 42.9 Å². The third kappa shape index (κ3) is 19.1. The Morgan fingerprint density at radius 1 is 1.03 bits per heavy atom. The molecule has 0 aromatic carbocycles. The lowest BCUT2D eigenvalue weighted by molar-refractivity contribution is -0.121. The molecule has 0 fully saturated rings. The van der Waals surface area contributed by atoms with Crippen molar-refractivity contribution in [3.8, 4) is 0 Å². The Morgan fingerprint density at radius 2 is 1.62 bits per heavy atom. The van der Waals surface area contributed by atoms with Gasteiger partial charge in [0.1, 0.15) is 16.1 Å². The molecule has 0 spiro atoms. The fourth-order valence-corrected chi connectivity index (χ4v) is 3.91. The smallest absolute Gasteiger partial charge is 0.233 e. The molecule has 0 heterocycles. The molecular weight excluding hydrogens is 444 g/mol. The highest BCUT2D eigenvalue weighted by Crippen LogP contribution is 1.94. The van der Waals surface area contributed by atoms with Gasteiger partial charge in [0.15, 0.2) is 0 Å². The summed E-state index contributed by atoms with van der Waals surface area (Å²) in [4.78, 5) is 11.4. The Labute approximate surface area is 176 Å². The molecule has 15 heteroatoms. The van der Waals surface area contributed by atoms with Gasteiger partial charge in [-0.25, -0.2) is 26.6 Å². The molecule has 29 heavy (non-hydrogen) atoms. The van der Waals surface area contributed by atoms with Crippen molar-refractivity contribution in [3.05, 3.63) is 0 Å². The molecule has 1 amide bonds. The predicted molar refractivity (Wildman–Crippen MR) is 114 cm³/mol. The van der Waals surface area contributed by atoms with E-state index >= 15 is 0 Å². The maximum Gasteiger partial charge on any atom is 0.233 e. The molecule has 174 valence electrons. The second kappa shape index (κ2) is 14.3. The number of hydrogen-bond donors (Lipinski definition) is 5. The number of nitrogens with two attached hydrogens (primary N) is 1. The molecule has 0 saturated carbocycles. The summed E-state index contributed by atoms with van der Waals surface area (Å²) in [5.74, 6) is -0.0776. The van der Waals surface area contributed by atoms with Gasteiger partial charge in [-0.15, -0.1) is 0 Å². The number of sulfonamides is 1. The highest BCUT2D eigenvalue weighted by Gasteiger charge is 2.19. The Bertz CT molecular complexity index is 715. The average Bonchev–Trinajstić information content (AvgIpc) is 2.53. The Hall–Kier alpha value is -0.680. The number of sulfone groups is 1. The molecule has 2 unspecified atom stereocenters. The Kier molecular flexibility index (Phi) is 14.0. The van der Waals surface area contributed by atoms with Crippen molar-refractivity contribution < 1.29 is 25.8 Å². The van der Waals surface area contributed by atoms with Gasteiger partial charge in [0, 0.05) is 42.2 Å². The lowest BCUT2D eigenvalue weighted by Gasteiger charge is -2.32. The lowest BCUT2D eigenvalue weighted by Crippen LogP contribution is -2.62. The van der Waals surface area contributed by atoms with E-state index in [0.717, 1.165) is 12.5 Å². The van der Waals surface area contributed by atoms with Gasteiger partial charge in [-0.3, -0.25) is 25.1 Å². The molecule has 2 atom stereocenters. The molecule has 0 radical (unpaired) electrons. The standard InChI is InChI=1S/C14H34N6O6S3/c1-27(22)10-4-6-16-14(17-7-5-11-28(2,23)24)20(12-13(15)21)18-8-9-19-29(3,25)26/h14,16-19H,4-12H2,1-3H3,(H2,15,21). The van der Waals surface area contributed by atoms with Crippen molar-refractivity contribution in [1.82, 2.24) is 25.8 Å². The number of nitrogens with one attached hydrogen (secondary N) is 4. The first-order chi connectivity index (χ1) is 13.3. The summed E-state index contributed by atoms with van der Waals surface area (Å²) < 4.78 is 58.4. The van der Waals surface area contributed by atoms with Crippen molar-refractivity contribution in [2.45, 2.75) is 19.1 Å². The lowest BCUT2D eigenvalue weighted by atomic mass is 10.4. The molecule has 0 rings (SSSR count). The van der Waals surface area contributed by atoms with Crippen LogP contribution in [0.15, 0.2) is 0 Å². The Balaban J connectivity index is 4.88. The van der Waals surface area contributed by atoms with Crippen LogP contribution in [-0.2, 0) is 35.5 Å². The van der Waals surface area contributed by atoms with Crippen LogP contribution in [0.5, 0.6) is 0 Å². The van der Waals surface area contributed by atoms with Crippen molar-refractivity contribution in [2.24, 2.45) is 5.73 Å². The monoisotopic (exact) mass is 478 g/mol. The number of amides is 1. The van der Waals surface area contributed by atoms with Gasteiger partial charge in [-0.05, 0) is 25.9 Å². The van der Waals surface area contributed by atoms with Crippen LogP contribution in [0.3, 0.4) is 0 Å². The first-order valence-corrected chi connectivity index (χ1v) is 14.7. The summed E-state index contributed by atoms with van der Waals surface area (Å²) in [6.45, 7) is 0.965. The van der Waals surface area contributed by atoms with Crippen LogP contribution in [0, 0.1) is 0 Å². The minimum absolute atomic E-state index is 0.0169. The van der Waals surface area contributed by atoms with Crippen molar-refractivity contribution in [1.29, 1.82) is 0 Å². The molecular formula is C14H34N6O6S3. The normalized spacial score (nSPS) is 14.8. The van der Waals surface area contributed by atoms with Gasteiger partial charge >= 0.3 is 0 Å². The number of hydrazine groups is 1. The molecule has 0 aromatic rings. The van der Waals surface area contributed by atoms with Gasteiger partial charge in [0.05, 0.1) is 18.6 Å². The first kappa shape index (κ1) is 28.3. The second-order valence-electron chi connectivity index (χ2n) is 6.59. The quantitative estimate of drug-likeness (QED) is 0.0753. The number of carbonyl (C=O) groups is 1. The summed E-state index contributed by atoms with van der Waals surface area (Å²) in [6.07, 6.45) is 4.23. The molecule has 0 saturated heterocycles. The minimum atomic E-state index is -3.34. The maximum atomic E-state index is 11.4. The van der Waals surface area contributed by atoms with Crippen LogP contribution in [0.2, 0.25) is 0 Å². The SMILES string of the molecule is CS(=O)CCCNC(NCCCS(C)(=O)=O)N(CC(N)=O)NCCNS(C)(=O)=O. The zero-order valence-electron chi connectivity index (χ0n) is 17.1. The summed E-state index contributed by atoms with van der Waals surface area (Å²) in [6, 6.07) is 0. The molecule has 0 bridgehead atoms. The first-order valence-electron chi connectivity index (χ1n) is 8.98. The van der Waals surface area contributed by atoms with E-state index in [2.05, 4.69) is 20.8 Å². The molecule has 0 aromatic heterocycles.